The van der Waals surface area contributed by atoms with Crippen LogP contribution >= 0.6 is 11.6 Å². The van der Waals surface area contributed by atoms with Crippen molar-refractivity contribution >= 4 is 55.2 Å². The van der Waals surface area contributed by atoms with Crippen LogP contribution in [0.1, 0.15) is 44.4 Å². The van der Waals surface area contributed by atoms with Gasteiger partial charge in [-0.05, 0) is 94.5 Å². The van der Waals surface area contributed by atoms with Gasteiger partial charge in [0.1, 0.15) is 11.5 Å². The molecule has 2 aromatic heterocycles. The summed E-state index contributed by atoms with van der Waals surface area (Å²) in [5.41, 5.74) is 9.69. The SMILES string of the molecule is CC(C)=CCc1cc2c(cc1O)[nH]c1cc(C)ccc12.CC(C)=CCc1cc2c(cc1O)[nH]c1cc(Cl)ccc12. The maximum Gasteiger partial charge on any atom is 0.121 e. The minimum atomic E-state index is 0.327. The number of hydrogen-bond acceptors (Lipinski definition) is 2. The summed E-state index contributed by atoms with van der Waals surface area (Å²) in [6.45, 7) is 10.4. The summed E-state index contributed by atoms with van der Waals surface area (Å²) in [5, 5.41) is 25.6. The van der Waals surface area contributed by atoms with Gasteiger partial charge in [-0.3, -0.25) is 0 Å². The van der Waals surface area contributed by atoms with Crippen molar-refractivity contribution in [2.75, 3.05) is 0 Å². The molecule has 5 heteroatoms. The molecule has 0 amide bonds. The highest BCUT2D eigenvalue weighted by Gasteiger charge is 2.10. The normalized spacial score (nSPS) is 11.2. The first-order valence-corrected chi connectivity index (χ1v) is 13.9. The lowest BCUT2D eigenvalue weighted by Crippen LogP contribution is -1.84. The number of aromatic nitrogens is 2. The molecule has 2 heterocycles. The number of aromatic amines is 2. The van der Waals surface area contributed by atoms with Crippen LogP contribution in [-0.4, -0.2) is 20.2 Å². The van der Waals surface area contributed by atoms with Gasteiger partial charge >= 0.3 is 0 Å². The third-order valence-electron chi connectivity index (χ3n) is 7.17. The summed E-state index contributed by atoms with van der Waals surface area (Å²) in [7, 11) is 0. The highest BCUT2D eigenvalue weighted by molar-refractivity contribution is 6.31. The van der Waals surface area contributed by atoms with Crippen LogP contribution in [-0.2, 0) is 12.8 Å². The minimum absolute atomic E-state index is 0.327. The number of fused-ring (bicyclic) bond motifs is 6. The van der Waals surface area contributed by atoms with Crippen molar-refractivity contribution < 1.29 is 10.2 Å². The quantitative estimate of drug-likeness (QED) is 0.165. The fourth-order valence-electron chi connectivity index (χ4n) is 5.02. The molecule has 0 saturated carbocycles. The summed E-state index contributed by atoms with van der Waals surface area (Å²) < 4.78 is 0. The molecular formula is C35H35ClN2O2. The molecule has 6 rings (SSSR count). The van der Waals surface area contributed by atoms with Crippen molar-refractivity contribution in [1.29, 1.82) is 0 Å². The molecule has 204 valence electrons. The lowest BCUT2D eigenvalue weighted by atomic mass is 10.0. The van der Waals surface area contributed by atoms with E-state index < -0.39 is 0 Å². The number of phenolic OH excluding ortho intramolecular Hbond substituents is 2. The van der Waals surface area contributed by atoms with Crippen LogP contribution in [0.25, 0.3) is 43.6 Å². The second-order valence-corrected chi connectivity index (χ2v) is 11.4. The number of aryl methyl sites for hydroxylation is 1. The van der Waals surface area contributed by atoms with Gasteiger partial charge in [0.2, 0.25) is 0 Å². The van der Waals surface area contributed by atoms with Gasteiger partial charge in [0.15, 0.2) is 0 Å². The molecule has 0 aliphatic carbocycles. The van der Waals surface area contributed by atoms with Crippen LogP contribution in [0.2, 0.25) is 5.02 Å². The van der Waals surface area contributed by atoms with Crippen molar-refractivity contribution in [3.8, 4) is 11.5 Å². The Labute approximate surface area is 239 Å². The van der Waals surface area contributed by atoms with Gasteiger partial charge in [-0.25, -0.2) is 0 Å². The Balaban J connectivity index is 0.000000161. The molecule has 0 bridgehead atoms. The predicted molar refractivity (Wildman–Crippen MR) is 171 cm³/mol. The van der Waals surface area contributed by atoms with Gasteiger partial charge in [-0.15, -0.1) is 0 Å². The Hall–Kier alpha value is -4.15. The van der Waals surface area contributed by atoms with Crippen LogP contribution in [0.4, 0.5) is 0 Å². The van der Waals surface area contributed by atoms with E-state index in [1.54, 1.807) is 6.07 Å². The number of halogens is 1. The van der Waals surface area contributed by atoms with E-state index in [1.165, 1.54) is 27.5 Å². The lowest BCUT2D eigenvalue weighted by molar-refractivity contribution is 0.470. The monoisotopic (exact) mass is 550 g/mol. The van der Waals surface area contributed by atoms with Crippen LogP contribution < -0.4 is 0 Å². The molecule has 0 fully saturated rings. The zero-order valence-electron chi connectivity index (χ0n) is 23.6. The first-order valence-electron chi connectivity index (χ1n) is 13.5. The molecule has 0 saturated heterocycles. The molecule has 0 unspecified atom stereocenters. The zero-order chi connectivity index (χ0) is 28.6. The molecule has 40 heavy (non-hydrogen) atoms. The molecule has 4 N–H and O–H groups in total. The molecule has 0 spiro atoms. The van der Waals surface area contributed by atoms with E-state index in [0.29, 0.717) is 16.5 Å². The van der Waals surface area contributed by atoms with Gasteiger partial charge < -0.3 is 20.2 Å². The Morgan fingerprint density at radius 1 is 0.625 bits per heavy atom. The van der Waals surface area contributed by atoms with Gasteiger partial charge in [0.05, 0.1) is 11.0 Å². The van der Waals surface area contributed by atoms with Gasteiger partial charge in [0, 0.05) is 49.7 Å². The molecule has 0 aliphatic heterocycles. The summed E-state index contributed by atoms with van der Waals surface area (Å²) in [4.78, 5) is 6.67. The first kappa shape index (κ1) is 27.4. The molecule has 0 aliphatic rings. The minimum Gasteiger partial charge on any atom is -0.508 e. The number of allylic oxidation sites excluding steroid dienone is 4. The molecule has 4 nitrogen and oxygen atoms in total. The number of phenols is 2. The fraction of sp³-hybridized carbons (Fsp3) is 0.200. The predicted octanol–water partition coefficient (Wildman–Crippen LogP) is 10.0. The Bertz CT molecular complexity index is 1790. The number of rotatable bonds is 4. The number of aromatic hydroxyl groups is 2. The van der Waals surface area contributed by atoms with E-state index in [9.17, 15) is 10.2 Å². The third-order valence-corrected chi connectivity index (χ3v) is 7.41. The van der Waals surface area contributed by atoms with Crippen LogP contribution in [0, 0.1) is 6.92 Å². The summed E-state index contributed by atoms with van der Waals surface area (Å²) in [6, 6.07) is 20.0. The first-order chi connectivity index (χ1) is 19.1. The van der Waals surface area contributed by atoms with E-state index in [-0.39, 0.29) is 0 Å². The molecule has 0 radical (unpaired) electrons. The number of nitrogens with one attached hydrogen (secondary N) is 2. The maximum absolute atomic E-state index is 10.2. The van der Waals surface area contributed by atoms with Crippen molar-refractivity contribution in [1.82, 2.24) is 9.97 Å². The van der Waals surface area contributed by atoms with Crippen LogP contribution in [0.5, 0.6) is 11.5 Å². The highest BCUT2D eigenvalue weighted by atomic mass is 35.5. The number of benzene rings is 4. The van der Waals surface area contributed by atoms with E-state index in [2.05, 4.69) is 87.1 Å². The second kappa shape index (κ2) is 11.1. The molecule has 0 atom stereocenters. The van der Waals surface area contributed by atoms with E-state index in [1.807, 2.05) is 24.3 Å². The standard InChI is InChI=1S/C18H19NO.C17H16ClNO/c1-11(2)4-6-13-9-15-14-7-5-12(3)8-16(14)19-17(15)10-18(13)20;1-10(2)3-4-11-7-14-13-6-5-12(18)8-15(13)19-16(14)9-17(11)20/h4-5,7-10,19-20H,6H2,1-3H3;3,5-9,19-20H,4H2,1-2H3. The number of H-pyrrole nitrogens is 2. The maximum atomic E-state index is 10.2. The summed E-state index contributed by atoms with van der Waals surface area (Å²) >= 11 is 6.02. The van der Waals surface area contributed by atoms with Crippen molar-refractivity contribution in [3.63, 3.8) is 0 Å². The average Bonchev–Trinajstić information content (AvgIpc) is 3.41. The third kappa shape index (κ3) is 5.73. The number of hydrogen-bond donors (Lipinski definition) is 4. The molecular weight excluding hydrogens is 516 g/mol. The van der Waals surface area contributed by atoms with Gasteiger partial charge in [0.25, 0.3) is 0 Å². The zero-order valence-corrected chi connectivity index (χ0v) is 24.4. The van der Waals surface area contributed by atoms with Crippen LogP contribution in [0.3, 0.4) is 0 Å². The Morgan fingerprint density at radius 3 is 1.57 bits per heavy atom. The fourth-order valence-corrected chi connectivity index (χ4v) is 5.19. The van der Waals surface area contributed by atoms with Crippen molar-refractivity contribution in [3.05, 3.63) is 106 Å². The lowest BCUT2D eigenvalue weighted by Gasteiger charge is -2.03. The largest absolute Gasteiger partial charge is 0.508 e. The topological polar surface area (TPSA) is 72.0 Å². The van der Waals surface area contributed by atoms with Crippen LogP contribution in [0.15, 0.2) is 84.0 Å². The summed E-state index contributed by atoms with van der Waals surface area (Å²) in [6.07, 6.45) is 5.76. The van der Waals surface area contributed by atoms with Crippen molar-refractivity contribution in [2.45, 2.75) is 47.5 Å². The summed E-state index contributed by atoms with van der Waals surface area (Å²) in [5.74, 6) is 0.686. The second-order valence-electron chi connectivity index (χ2n) is 11.0. The van der Waals surface area contributed by atoms with Crippen molar-refractivity contribution in [2.24, 2.45) is 0 Å². The van der Waals surface area contributed by atoms with E-state index >= 15 is 0 Å². The molecule has 6 aromatic rings. The highest BCUT2D eigenvalue weighted by Crippen LogP contribution is 2.33. The molecule has 4 aromatic carbocycles. The van der Waals surface area contributed by atoms with Gasteiger partial charge in [-0.2, -0.15) is 0 Å². The Kier molecular flexibility index (Phi) is 7.64. The Morgan fingerprint density at radius 2 is 1.07 bits per heavy atom. The average molecular weight is 551 g/mol. The van der Waals surface area contributed by atoms with E-state index in [4.69, 9.17) is 11.6 Å². The smallest absolute Gasteiger partial charge is 0.121 e. The van der Waals surface area contributed by atoms with Gasteiger partial charge in [-0.1, -0.05) is 53.1 Å². The van der Waals surface area contributed by atoms with E-state index in [0.717, 1.165) is 56.8 Å².